The molecule has 2 rings (SSSR count). The van der Waals surface area contributed by atoms with Gasteiger partial charge in [0.2, 0.25) is 0 Å². The van der Waals surface area contributed by atoms with Gasteiger partial charge in [0.25, 0.3) is 0 Å². The molecule has 0 aliphatic rings. The summed E-state index contributed by atoms with van der Waals surface area (Å²) in [5.74, 6) is 1.58. The summed E-state index contributed by atoms with van der Waals surface area (Å²) < 4.78 is 12.3. The fourth-order valence-corrected chi connectivity index (χ4v) is 1.95. The van der Waals surface area contributed by atoms with Gasteiger partial charge in [0.05, 0.1) is 38.7 Å². The molecule has 0 aliphatic carbocycles. The van der Waals surface area contributed by atoms with Crippen LogP contribution < -0.4 is 15.2 Å². The molecular formula is C14H20N4O2. The lowest BCUT2D eigenvalue weighted by atomic mass is 10.2. The van der Waals surface area contributed by atoms with Gasteiger partial charge in [0.15, 0.2) is 0 Å². The van der Waals surface area contributed by atoms with Crippen LogP contribution in [0.4, 0.5) is 0 Å². The van der Waals surface area contributed by atoms with Gasteiger partial charge in [-0.1, -0.05) is 12.1 Å². The van der Waals surface area contributed by atoms with Gasteiger partial charge in [-0.2, -0.15) is 0 Å². The third-order valence-corrected chi connectivity index (χ3v) is 3.20. The van der Waals surface area contributed by atoms with Crippen LogP contribution in [0, 0.1) is 0 Å². The Kier molecular flexibility index (Phi) is 4.57. The van der Waals surface area contributed by atoms with Gasteiger partial charge in [-0.15, -0.1) is 5.10 Å². The zero-order chi connectivity index (χ0) is 14.5. The highest BCUT2D eigenvalue weighted by molar-refractivity contribution is 5.40. The van der Waals surface area contributed by atoms with Gasteiger partial charge in [-0.3, -0.25) is 0 Å². The molecule has 1 unspecified atom stereocenters. The van der Waals surface area contributed by atoms with E-state index in [-0.39, 0.29) is 6.04 Å². The molecule has 6 heteroatoms. The number of aromatic nitrogens is 3. The maximum absolute atomic E-state index is 5.94. The Morgan fingerprint density at radius 1 is 1.30 bits per heavy atom. The number of rotatable bonds is 6. The fourth-order valence-electron chi connectivity index (χ4n) is 1.95. The summed E-state index contributed by atoms with van der Waals surface area (Å²) in [5.41, 5.74) is 7.72. The van der Waals surface area contributed by atoms with Crippen LogP contribution in [0.2, 0.25) is 0 Å². The minimum Gasteiger partial charge on any atom is -0.497 e. The Balaban J connectivity index is 2.22. The highest BCUT2D eigenvalue weighted by atomic mass is 16.5. The molecular weight excluding hydrogens is 256 g/mol. The van der Waals surface area contributed by atoms with Crippen LogP contribution in [-0.4, -0.2) is 29.2 Å². The quantitative estimate of drug-likeness (QED) is 0.870. The number of hydrogen-bond acceptors (Lipinski definition) is 5. The van der Waals surface area contributed by atoms with Crippen LogP contribution in [0.5, 0.6) is 11.5 Å². The molecule has 1 aromatic heterocycles. The first kappa shape index (κ1) is 14.3. The van der Waals surface area contributed by atoms with E-state index >= 15 is 0 Å². The van der Waals surface area contributed by atoms with E-state index in [1.54, 1.807) is 18.9 Å². The predicted octanol–water partition coefficient (Wildman–Crippen LogP) is 1.75. The molecule has 1 heterocycles. The van der Waals surface area contributed by atoms with Crippen molar-refractivity contribution in [3.63, 3.8) is 0 Å². The predicted molar refractivity (Wildman–Crippen MR) is 75.9 cm³/mol. The van der Waals surface area contributed by atoms with E-state index in [0.717, 1.165) is 29.2 Å². The highest BCUT2D eigenvalue weighted by Gasteiger charge is 2.11. The summed E-state index contributed by atoms with van der Waals surface area (Å²) >= 11 is 0. The maximum atomic E-state index is 5.94. The summed E-state index contributed by atoms with van der Waals surface area (Å²) in [7, 11) is 3.28. The lowest BCUT2D eigenvalue weighted by molar-refractivity contribution is 0.396. The molecule has 0 bridgehead atoms. The molecule has 0 aliphatic heterocycles. The van der Waals surface area contributed by atoms with E-state index < -0.39 is 0 Å². The van der Waals surface area contributed by atoms with Gasteiger partial charge >= 0.3 is 0 Å². The van der Waals surface area contributed by atoms with E-state index in [1.807, 2.05) is 31.3 Å². The first-order chi connectivity index (χ1) is 9.67. The Hall–Kier alpha value is -2.08. The van der Waals surface area contributed by atoms with E-state index in [1.165, 1.54) is 0 Å². The SMILES string of the molecule is CCC(N)c1cn(Cc2cc(OC)ccc2OC)nn1. The van der Waals surface area contributed by atoms with E-state index in [2.05, 4.69) is 10.3 Å². The van der Waals surface area contributed by atoms with Crippen molar-refractivity contribution in [2.24, 2.45) is 5.73 Å². The maximum Gasteiger partial charge on any atom is 0.124 e. The monoisotopic (exact) mass is 276 g/mol. The summed E-state index contributed by atoms with van der Waals surface area (Å²) in [6, 6.07) is 5.60. The standard InChI is InChI=1S/C14H20N4O2/c1-4-12(15)13-9-18(17-16-13)8-10-7-11(19-2)5-6-14(10)20-3/h5-7,9,12H,4,8,15H2,1-3H3. The van der Waals surface area contributed by atoms with E-state index in [4.69, 9.17) is 15.2 Å². The van der Waals surface area contributed by atoms with Crippen molar-refractivity contribution in [3.05, 3.63) is 35.7 Å². The molecule has 2 N–H and O–H groups in total. The molecule has 1 aromatic carbocycles. The van der Waals surface area contributed by atoms with Gasteiger partial charge in [-0.25, -0.2) is 4.68 Å². The molecule has 0 spiro atoms. The zero-order valence-corrected chi connectivity index (χ0v) is 12.0. The van der Waals surface area contributed by atoms with Gasteiger partial charge in [0, 0.05) is 5.56 Å². The largest absolute Gasteiger partial charge is 0.497 e. The van der Waals surface area contributed by atoms with Gasteiger partial charge in [0.1, 0.15) is 11.5 Å². The molecule has 0 amide bonds. The minimum absolute atomic E-state index is 0.0732. The van der Waals surface area contributed by atoms with Crippen molar-refractivity contribution in [2.45, 2.75) is 25.9 Å². The van der Waals surface area contributed by atoms with Crippen molar-refractivity contribution in [1.82, 2.24) is 15.0 Å². The normalized spacial score (nSPS) is 12.2. The van der Waals surface area contributed by atoms with Gasteiger partial charge < -0.3 is 15.2 Å². The average Bonchev–Trinajstić information content (AvgIpc) is 2.94. The Labute approximate surface area is 118 Å². The smallest absolute Gasteiger partial charge is 0.124 e. The van der Waals surface area contributed by atoms with Crippen molar-refractivity contribution < 1.29 is 9.47 Å². The molecule has 0 saturated carbocycles. The van der Waals surface area contributed by atoms with Crippen molar-refractivity contribution in [3.8, 4) is 11.5 Å². The molecule has 20 heavy (non-hydrogen) atoms. The number of nitrogens with zero attached hydrogens (tertiary/aromatic N) is 3. The Morgan fingerprint density at radius 3 is 2.75 bits per heavy atom. The molecule has 0 fully saturated rings. The van der Waals surface area contributed by atoms with Crippen LogP contribution >= 0.6 is 0 Å². The lowest BCUT2D eigenvalue weighted by Gasteiger charge is -2.10. The molecule has 1 atom stereocenters. The molecule has 2 aromatic rings. The summed E-state index contributed by atoms with van der Waals surface area (Å²) in [6.07, 6.45) is 2.70. The second-order valence-electron chi connectivity index (χ2n) is 4.53. The number of nitrogens with two attached hydrogens (primary N) is 1. The molecule has 0 radical (unpaired) electrons. The second kappa shape index (κ2) is 6.38. The third-order valence-electron chi connectivity index (χ3n) is 3.20. The fraction of sp³-hybridized carbons (Fsp3) is 0.429. The Bertz CT molecular complexity index is 568. The summed E-state index contributed by atoms with van der Waals surface area (Å²) in [4.78, 5) is 0. The number of ether oxygens (including phenoxy) is 2. The van der Waals surface area contributed by atoms with Crippen molar-refractivity contribution >= 4 is 0 Å². The Morgan fingerprint density at radius 2 is 2.10 bits per heavy atom. The van der Waals surface area contributed by atoms with Crippen molar-refractivity contribution in [1.29, 1.82) is 0 Å². The van der Waals surface area contributed by atoms with Crippen LogP contribution in [0.3, 0.4) is 0 Å². The molecule has 0 saturated heterocycles. The first-order valence-electron chi connectivity index (χ1n) is 6.54. The third kappa shape index (κ3) is 3.08. The highest BCUT2D eigenvalue weighted by Crippen LogP contribution is 2.24. The summed E-state index contributed by atoms with van der Waals surface area (Å²) in [5, 5.41) is 8.20. The van der Waals surface area contributed by atoms with Crippen LogP contribution in [-0.2, 0) is 6.54 Å². The topological polar surface area (TPSA) is 75.2 Å². The van der Waals surface area contributed by atoms with Crippen molar-refractivity contribution in [2.75, 3.05) is 14.2 Å². The first-order valence-corrected chi connectivity index (χ1v) is 6.54. The summed E-state index contributed by atoms with van der Waals surface area (Å²) in [6.45, 7) is 2.58. The zero-order valence-electron chi connectivity index (χ0n) is 12.0. The van der Waals surface area contributed by atoms with Crippen LogP contribution in [0.1, 0.15) is 30.6 Å². The van der Waals surface area contributed by atoms with Crippen LogP contribution in [0.15, 0.2) is 24.4 Å². The minimum atomic E-state index is -0.0732. The lowest BCUT2D eigenvalue weighted by Crippen LogP contribution is -2.08. The average molecular weight is 276 g/mol. The number of benzene rings is 1. The molecule has 6 nitrogen and oxygen atoms in total. The van der Waals surface area contributed by atoms with Gasteiger partial charge in [-0.05, 0) is 24.6 Å². The number of methoxy groups -OCH3 is 2. The molecule has 108 valence electrons. The van der Waals surface area contributed by atoms with E-state index in [9.17, 15) is 0 Å². The van der Waals surface area contributed by atoms with E-state index in [0.29, 0.717) is 6.54 Å². The van der Waals surface area contributed by atoms with Crippen LogP contribution in [0.25, 0.3) is 0 Å². The second-order valence-corrected chi connectivity index (χ2v) is 4.53. The number of hydrogen-bond donors (Lipinski definition) is 1.